The van der Waals surface area contributed by atoms with E-state index >= 15 is 0 Å². The number of nitrogens with zero attached hydrogens (tertiary/aromatic N) is 1. The number of rotatable bonds is 1. The summed E-state index contributed by atoms with van der Waals surface area (Å²) >= 11 is 0. The lowest BCUT2D eigenvalue weighted by Gasteiger charge is -2.38. The van der Waals surface area contributed by atoms with Crippen molar-refractivity contribution in [3.05, 3.63) is 0 Å². The highest BCUT2D eigenvalue weighted by Crippen LogP contribution is 2.28. The van der Waals surface area contributed by atoms with Crippen molar-refractivity contribution in [2.45, 2.75) is 32.3 Å². The van der Waals surface area contributed by atoms with Crippen molar-refractivity contribution in [1.82, 2.24) is 4.90 Å². The summed E-state index contributed by atoms with van der Waals surface area (Å²) in [6, 6.07) is 0. The van der Waals surface area contributed by atoms with Crippen molar-refractivity contribution in [2.24, 2.45) is 5.92 Å². The SMILES string of the molecule is CC(C)[C@@]1(O)CCCN(C)C1=O. The second-order valence-corrected chi connectivity index (χ2v) is 3.91. The van der Waals surface area contributed by atoms with E-state index in [1.807, 2.05) is 13.8 Å². The molecule has 1 saturated heterocycles. The fourth-order valence-electron chi connectivity index (χ4n) is 1.66. The Balaban J connectivity index is 2.81. The Bertz CT molecular complexity index is 191. The summed E-state index contributed by atoms with van der Waals surface area (Å²) in [7, 11) is 1.74. The Hall–Kier alpha value is -0.570. The largest absolute Gasteiger partial charge is 0.380 e. The van der Waals surface area contributed by atoms with E-state index in [2.05, 4.69) is 0 Å². The average molecular weight is 171 g/mol. The molecule has 1 aliphatic rings. The van der Waals surface area contributed by atoms with Crippen LogP contribution < -0.4 is 0 Å². The Kier molecular flexibility index (Phi) is 2.42. The lowest BCUT2D eigenvalue weighted by atomic mass is 9.82. The van der Waals surface area contributed by atoms with Crippen LogP contribution in [0, 0.1) is 5.92 Å². The summed E-state index contributed by atoms with van der Waals surface area (Å²) in [5, 5.41) is 10.00. The van der Waals surface area contributed by atoms with Crippen molar-refractivity contribution >= 4 is 5.91 Å². The average Bonchev–Trinajstić information content (AvgIpc) is 2.00. The van der Waals surface area contributed by atoms with E-state index in [1.54, 1.807) is 11.9 Å². The van der Waals surface area contributed by atoms with Crippen LogP contribution >= 0.6 is 0 Å². The van der Waals surface area contributed by atoms with Gasteiger partial charge in [-0.15, -0.1) is 0 Å². The summed E-state index contributed by atoms with van der Waals surface area (Å²) in [6.07, 6.45) is 1.50. The minimum absolute atomic E-state index is 0.00718. The van der Waals surface area contributed by atoms with Gasteiger partial charge in [0.1, 0.15) is 5.60 Å². The van der Waals surface area contributed by atoms with Crippen molar-refractivity contribution in [2.75, 3.05) is 13.6 Å². The molecule has 70 valence electrons. The first-order valence-corrected chi connectivity index (χ1v) is 4.46. The number of hydrogen-bond donors (Lipinski definition) is 1. The molecule has 1 amide bonds. The summed E-state index contributed by atoms with van der Waals surface area (Å²) in [4.78, 5) is 13.2. The third-order valence-electron chi connectivity index (χ3n) is 2.72. The minimum Gasteiger partial charge on any atom is -0.380 e. The molecule has 0 unspecified atom stereocenters. The zero-order chi connectivity index (χ0) is 9.35. The predicted octanol–water partition coefficient (Wildman–Crippen LogP) is 0.626. The summed E-state index contributed by atoms with van der Waals surface area (Å²) in [5.41, 5.74) is -1.10. The highest BCUT2D eigenvalue weighted by molar-refractivity contribution is 5.85. The molecule has 1 heterocycles. The van der Waals surface area contributed by atoms with Crippen LogP contribution in [0.1, 0.15) is 26.7 Å². The molecule has 0 bridgehead atoms. The molecule has 1 rings (SSSR count). The molecule has 0 radical (unpaired) electrons. The molecule has 0 saturated carbocycles. The van der Waals surface area contributed by atoms with E-state index in [0.29, 0.717) is 6.42 Å². The molecule has 1 N–H and O–H groups in total. The highest BCUT2D eigenvalue weighted by Gasteiger charge is 2.43. The van der Waals surface area contributed by atoms with E-state index in [1.165, 1.54) is 0 Å². The van der Waals surface area contributed by atoms with Gasteiger partial charge in [0, 0.05) is 13.6 Å². The molecule has 0 aromatic carbocycles. The zero-order valence-corrected chi connectivity index (χ0v) is 8.00. The van der Waals surface area contributed by atoms with Gasteiger partial charge in [0.2, 0.25) is 0 Å². The van der Waals surface area contributed by atoms with E-state index in [9.17, 15) is 9.90 Å². The lowest BCUT2D eigenvalue weighted by Crippen LogP contribution is -2.54. The number of amides is 1. The first-order chi connectivity index (χ1) is 5.48. The second-order valence-electron chi connectivity index (χ2n) is 3.91. The number of piperidine rings is 1. The Labute approximate surface area is 73.4 Å². The smallest absolute Gasteiger partial charge is 0.254 e. The molecule has 3 nitrogen and oxygen atoms in total. The maximum atomic E-state index is 11.6. The topological polar surface area (TPSA) is 40.5 Å². The molecule has 12 heavy (non-hydrogen) atoms. The van der Waals surface area contributed by atoms with Crippen LogP contribution in [0.3, 0.4) is 0 Å². The van der Waals surface area contributed by atoms with Gasteiger partial charge < -0.3 is 10.0 Å². The number of likely N-dealkylation sites (N-methyl/N-ethyl adjacent to an activating group) is 1. The van der Waals surface area contributed by atoms with E-state index < -0.39 is 5.60 Å². The number of aliphatic hydroxyl groups is 1. The van der Waals surface area contributed by atoms with E-state index in [-0.39, 0.29) is 11.8 Å². The molecular weight excluding hydrogens is 154 g/mol. The summed E-state index contributed by atoms with van der Waals surface area (Å²) in [5.74, 6) is -0.114. The molecular formula is C9H17NO2. The van der Waals surface area contributed by atoms with Gasteiger partial charge in [0.25, 0.3) is 5.91 Å². The monoisotopic (exact) mass is 171 g/mol. The molecule has 0 aliphatic carbocycles. The number of hydrogen-bond acceptors (Lipinski definition) is 2. The van der Waals surface area contributed by atoms with Gasteiger partial charge in [-0.05, 0) is 18.8 Å². The maximum absolute atomic E-state index is 11.6. The van der Waals surface area contributed by atoms with Crippen LogP contribution in [0.5, 0.6) is 0 Å². The van der Waals surface area contributed by atoms with Crippen molar-refractivity contribution < 1.29 is 9.90 Å². The zero-order valence-electron chi connectivity index (χ0n) is 8.00. The van der Waals surface area contributed by atoms with Crippen LogP contribution in [-0.2, 0) is 4.79 Å². The van der Waals surface area contributed by atoms with Crippen molar-refractivity contribution in [3.8, 4) is 0 Å². The van der Waals surface area contributed by atoms with Crippen molar-refractivity contribution in [1.29, 1.82) is 0 Å². The van der Waals surface area contributed by atoms with Gasteiger partial charge in [-0.3, -0.25) is 4.79 Å². The van der Waals surface area contributed by atoms with Gasteiger partial charge in [0.15, 0.2) is 0 Å². The molecule has 1 fully saturated rings. The number of carbonyl (C=O) groups is 1. The fraction of sp³-hybridized carbons (Fsp3) is 0.889. The van der Waals surface area contributed by atoms with Gasteiger partial charge in [-0.2, -0.15) is 0 Å². The third kappa shape index (κ3) is 1.33. The number of carbonyl (C=O) groups excluding carboxylic acids is 1. The molecule has 1 aliphatic heterocycles. The Morgan fingerprint density at radius 3 is 2.58 bits per heavy atom. The van der Waals surface area contributed by atoms with Crippen LogP contribution in [0.4, 0.5) is 0 Å². The Morgan fingerprint density at radius 1 is 1.58 bits per heavy atom. The van der Waals surface area contributed by atoms with Crippen LogP contribution in [-0.4, -0.2) is 35.1 Å². The van der Waals surface area contributed by atoms with Gasteiger partial charge in [-0.1, -0.05) is 13.8 Å². The van der Waals surface area contributed by atoms with Crippen molar-refractivity contribution in [3.63, 3.8) is 0 Å². The van der Waals surface area contributed by atoms with Gasteiger partial charge in [0.05, 0.1) is 0 Å². The van der Waals surface area contributed by atoms with E-state index in [4.69, 9.17) is 0 Å². The normalized spacial score (nSPS) is 31.4. The van der Waals surface area contributed by atoms with Gasteiger partial charge in [-0.25, -0.2) is 0 Å². The highest BCUT2D eigenvalue weighted by atomic mass is 16.3. The number of likely N-dealkylation sites (tertiary alicyclic amines) is 1. The molecule has 1 atom stereocenters. The Morgan fingerprint density at radius 2 is 2.17 bits per heavy atom. The van der Waals surface area contributed by atoms with Crippen LogP contribution in [0.2, 0.25) is 0 Å². The first-order valence-electron chi connectivity index (χ1n) is 4.46. The maximum Gasteiger partial charge on any atom is 0.254 e. The van der Waals surface area contributed by atoms with Crippen LogP contribution in [0.15, 0.2) is 0 Å². The quantitative estimate of drug-likeness (QED) is 0.628. The predicted molar refractivity (Wildman–Crippen MR) is 46.7 cm³/mol. The minimum atomic E-state index is -1.10. The molecule has 0 aromatic rings. The van der Waals surface area contributed by atoms with Crippen LogP contribution in [0.25, 0.3) is 0 Å². The molecule has 0 aromatic heterocycles. The lowest BCUT2D eigenvalue weighted by molar-refractivity contribution is -0.160. The molecule has 0 spiro atoms. The second kappa shape index (κ2) is 3.05. The van der Waals surface area contributed by atoms with E-state index in [0.717, 1.165) is 13.0 Å². The summed E-state index contributed by atoms with van der Waals surface area (Å²) in [6.45, 7) is 4.54. The molecule has 3 heteroatoms. The van der Waals surface area contributed by atoms with Gasteiger partial charge >= 0.3 is 0 Å². The third-order valence-corrected chi connectivity index (χ3v) is 2.72. The summed E-state index contributed by atoms with van der Waals surface area (Å²) < 4.78 is 0. The first kappa shape index (κ1) is 9.52. The standard InChI is InChI=1S/C9H17NO2/c1-7(2)9(12)5-4-6-10(3)8(9)11/h7,12H,4-6H2,1-3H3/t9-/m0/s1. The fourth-order valence-corrected chi connectivity index (χ4v) is 1.66.